The Balaban J connectivity index is 1.86. The predicted molar refractivity (Wildman–Crippen MR) is 73.1 cm³/mol. The van der Waals surface area contributed by atoms with Gasteiger partial charge in [-0.05, 0) is 17.7 Å². The van der Waals surface area contributed by atoms with Crippen LogP contribution in [0.1, 0.15) is 11.4 Å². The molecule has 0 saturated carbocycles. The number of aromatic nitrogens is 2. The average molecular weight is 235 g/mol. The number of hydrogen-bond donors (Lipinski definition) is 2. The minimum Gasteiger partial charge on any atom is -0.342 e. The van der Waals surface area contributed by atoms with E-state index in [0.717, 1.165) is 22.4 Å². The Morgan fingerprint density at radius 1 is 1.00 bits per heavy atom. The highest BCUT2D eigenvalue weighted by atomic mass is 14.9. The molecule has 3 heteroatoms. The molecular weight excluding hydrogens is 222 g/mol. The topological polar surface area (TPSA) is 52.5 Å². The molecule has 18 heavy (non-hydrogen) atoms. The lowest BCUT2D eigenvalue weighted by Crippen LogP contribution is -2.04. The van der Waals surface area contributed by atoms with Crippen molar-refractivity contribution >= 4 is 16.7 Å². The van der Waals surface area contributed by atoms with Gasteiger partial charge in [0, 0.05) is 12.1 Å². The molecule has 0 spiro atoms. The Morgan fingerprint density at radius 3 is 2.50 bits per heavy atom. The monoisotopic (exact) mass is 235 g/mol. The predicted octanol–water partition coefficient (Wildman–Crippen LogP) is 3.17. The molecule has 0 saturated heterocycles. The third-order valence-corrected chi connectivity index (χ3v) is 2.90. The van der Waals surface area contributed by atoms with E-state index >= 15 is 0 Å². The first kappa shape index (κ1) is 10.7. The second-order valence-electron chi connectivity index (χ2n) is 4.22. The number of para-hydroxylation sites is 2. The zero-order valence-electron chi connectivity index (χ0n) is 9.85. The van der Waals surface area contributed by atoms with Crippen molar-refractivity contribution in [1.29, 1.82) is 5.41 Å². The van der Waals surface area contributed by atoms with Crippen LogP contribution in [0.4, 0.5) is 0 Å². The van der Waals surface area contributed by atoms with Crippen molar-refractivity contribution in [2.75, 3.05) is 0 Å². The Hall–Kier alpha value is -2.42. The minimum atomic E-state index is 0.526. The zero-order chi connectivity index (χ0) is 12.4. The van der Waals surface area contributed by atoms with Crippen LogP contribution >= 0.6 is 0 Å². The molecular formula is C15H13N3. The summed E-state index contributed by atoms with van der Waals surface area (Å²) in [5.41, 5.74) is 3.49. The Labute approximate surface area is 105 Å². The molecule has 0 bridgehead atoms. The fourth-order valence-corrected chi connectivity index (χ4v) is 2.00. The highest BCUT2D eigenvalue weighted by molar-refractivity contribution is 5.99. The van der Waals surface area contributed by atoms with Crippen molar-refractivity contribution in [3.05, 3.63) is 66.0 Å². The summed E-state index contributed by atoms with van der Waals surface area (Å²) < 4.78 is 0. The van der Waals surface area contributed by atoms with Gasteiger partial charge < -0.3 is 10.4 Å². The van der Waals surface area contributed by atoms with E-state index in [4.69, 9.17) is 5.41 Å². The molecule has 0 radical (unpaired) electrons. The van der Waals surface area contributed by atoms with Crippen molar-refractivity contribution in [3.8, 4) is 0 Å². The van der Waals surface area contributed by atoms with Gasteiger partial charge in [-0.2, -0.15) is 0 Å². The van der Waals surface area contributed by atoms with Gasteiger partial charge >= 0.3 is 0 Å². The number of fused-ring (bicyclic) bond motifs is 1. The van der Waals surface area contributed by atoms with Crippen LogP contribution in [0, 0.1) is 5.41 Å². The second kappa shape index (κ2) is 4.45. The van der Waals surface area contributed by atoms with Crippen LogP contribution in [0.2, 0.25) is 0 Å². The summed E-state index contributed by atoms with van der Waals surface area (Å²) in [6.07, 6.45) is 0.526. The first-order valence-corrected chi connectivity index (χ1v) is 5.89. The van der Waals surface area contributed by atoms with Crippen molar-refractivity contribution in [1.82, 2.24) is 9.97 Å². The lowest BCUT2D eigenvalue weighted by Gasteiger charge is -2.00. The third kappa shape index (κ3) is 2.02. The average Bonchev–Trinajstić information content (AvgIpc) is 2.82. The van der Waals surface area contributed by atoms with Crippen molar-refractivity contribution < 1.29 is 0 Å². The molecule has 0 fully saturated rings. The van der Waals surface area contributed by atoms with Crippen LogP contribution in [0.25, 0.3) is 11.0 Å². The van der Waals surface area contributed by atoms with Crippen LogP contribution in [0.15, 0.2) is 54.6 Å². The Morgan fingerprint density at radius 2 is 1.72 bits per heavy atom. The number of H-pyrrole nitrogens is 1. The molecule has 0 unspecified atom stereocenters. The van der Waals surface area contributed by atoms with Gasteiger partial charge in [-0.1, -0.05) is 42.5 Å². The largest absolute Gasteiger partial charge is 0.342 e. The van der Waals surface area contributed by atoms with Gasteiger partial charge in [-0.3, -0.25) is 0 Å². The smallest absolute Gasteiger partial charge is 0.113 e. The standard InChI is InChI=1S/C15H13N3/c16-12(11-6-2-1-3-7-11)10-15-17-13-8-4-5-9-14(13)18-15/h1-9,16H,10H2,(H,17,18). The number of aromatic amines is 1. The molecule has 3 aromatic rings. The van der Waals surface area contributed by atoms with Crippen LogP contribution in [-0.2, 0) is 6.42 Å². The van der Waals surface area contributed by atoms with Gasteiger partial charge in [-0.25, -0.2) is 4.98 Å². The SMILES string of the molecule is N=C(Cc1nc2ccccc2[nH]1)c1ccccc1. The molecule has 0 amide bonds. The lowest BCUT2D eigenvalue weighted by atomic mass is 10.1. The van der Waals surface area contributed by atoms with E-state index < -0.39 is 0 Å². The van der Waals surface area contributed by atoms with E-state index in [0.29, 0.717) is 12.1 Å². The summed E-state index contributed by atoms with van der Waals surface area (Å²) in [7, 11) is 0. The summed E-state index contributed by atoms with van der Waals surface area (Å²) in [6.45, 7) is 0. The third-order valence-electron chi connectivity index (χ3n) is 2.90. The number of nitrogens with one attached hydrogen (secondary N) is 2. The maximum absolute atomic E-state index is 8.08. The zero-order valence-corrected chi connectivity index (χ0v) is 9.85. The van der Waals surface area contributed by atoms with Crippen molar-refractivity contribution in [2.45, 2.75) is 6.42 Å². The van der Waals surface area contributed by atoms with E-state index in [1.54, 1.807) is 0 Å². The molecule has 88 valence electrons. The lowest BCUT2D eigenvalue weighted by molar-refractivity contribution is 1.09. The van der Waals surface area contributed by atoms with Gasteiger partial charge in [0.25, 0.3) is 0 Å². The number of imidazole rings is 1. The molecule has 3 rings (SSSR count). The highest BCUT2D eigenvalue weighted by Gasteiger charge is 2.06. The van der Waals surface area contributed by atoms with Gasteiger partial charge in [0.05, 0.1) is 11.0 Å². The van der Waals surface area contributed by atoms with Crippen LogP contribution in [0.3, 0.4) is 0 Å². The minimum absolute atomic E-state index is 0.526. The fourth-order valence-electron chi connectivity index (χ4n) is 2.00. The molecule has 3 nitrogen and oxygen atoms in total. The van der Waals surface area contributed by atoms with Crippen molar-refractivity contribution in [3.63, 3.8) is 0 Å². The van der Waals surface area contributed by atoms with Crippen LogP contribution in [0.5, 0.6) is 0 Å². The summed E-state index contributed by atoms with van der Waals surface area (Å²) in [6, 6.07) is 17.7. The van der Waals surface area contributed by atoms with E-state index in [1.807, 2.05) is 54.6 Å². The Bertz CT molecular complexity index is 650. The van der Waals surface area contributed by atoms with E-state index in [9.17, 15) is 0 Å². The second-order valence-corrected chi connectivity index (χ2v) is 4.22. The highest BCUT2D eigenvalue weighted by Crippen LogP contribution is 2.12. The van der Waals surface area contributed by atoms with E-state index in [2.05, 4.69) is 9.97 Å². The number of nitrogens with zero attached hydrogens (tertiary/aromatic N) is 1. The first-order valence-electron chi connectivity index (χ1n) is 5.89. The maximum atomic E-state index is 8.08. The summed E-state index contributed by atoms with van der Waals surface area (Å²) in [5, 5.41) is 8.08. The molecule has 0 aliphatic rings. The fraction of sp³-hybridized carbons (Fsp3) is 0.0667. The molecule has 0 aliphatic heterocycles. The molecule has 1 heterocycles. The van der Waals surface area contributed by atoms with E-state index in [1.165, 1.54) is 0 Å². The number of benzene rings is 2. The van der Waals surface area contributed by atoms with Gasteiger partial charge in [0.1, 0.15) is 5.82 Å². The molecule has 0 aliphatic carbocycles. The summed E-state index contributed by atoms with van der Waals surface area (Å²) in [5.74, 6) is 0.838. The first-order chi connectivity index (χ1) is 8.83. The molecule has 2 aromatic carbocycles. The normalized spacial score (nSPS) is 10.7. The van der Waals surface area contributed by atoms with Gasteiger partial charge in [0.2, 0.25) is 0 Å². The molecule has 0 atom stereocenters. The quantitative estimate of drug-likeness (QED) is 0.673. The molecule has 1 aromatic heterocycles. The van der Waals surface area contributed by atoms with Crippen molar-refractivity contribution in [2.24, 2.45) is 0 Å². The van der Waals surface area contributed by atoms with E-state index in [-0.39, 0.29) is 0 Å². The number of hydrogen-bond acceptors (Lipinski definition) is 2. The summed E-state index contributed by atoms with van der Waals surface area (Å²) in [4.78, 5) is 7.73. The van der Waals surface area contributed by atoms with Gasteiger partial charge in [0.15, 0.2) is 0 Å². The maximum Gasteiger partial charge on any atom is 0.113 e. The van der Waals surface area contributed by atoms with Gasteiger partial charge in [-0.15, -0.1) is 0 Å². The Kier molecular flexibility index (Phi) is 2.65. The molecule has 2 N–H and O–H groups in total. The number of rotatable bonds is 3. The summed E-state index contributed by atoms with van der Waals surface area (Å²) >= 11 is 0. The van der Waals surface area contributed by atoms with Crippen LogP contribution in [-0.4, -0.2) is 15.7 Å². The van der Waals surface area contributed by atoms with Crippen LogP contribution < -0.4 is 0 Å².